The maximum absolute atomic E-state index is 11.4. The Kier molecular flexibility index (Phi) is 3.06. The first-order valence-electron chi connectivity index (χ1n) is 6.45. The van der Waals surface area contributed by atoms with Gasteiger partial charge in [0.1, 0.15) is 0 Å². The first kappa shape index (κ1) is 13.1. The third-order valence-corrected chi connectivity index (χ3v) is 3.60. The van der Waals surface area contributed by atoms with Crippen LogP contribution in [0.15, 0.2) is 42.5 Å². The topological polar surface area (TPSA) is 83.7 Å². The van der Waals surface area contributed by atoms with E-state index in [1.165, 1.54) is 12.1 Å². The fourth-order valence-electron chi connectivity index (χ4n) is 2.63. The molecule has 0 amide bonds. The Bertz CT molecular complexity index is 742. The normalized spacial score (nSPS) is 13.0. The van der Waals surface area contributed by atoms with Crippen LogP contribution in [0.1, 0.15) is 15.9 Å². The number of aromatic carboxylic acids is 1. The molecule has 1 aliphatic rings. The number of nitro benzene ring substituents is 1. The third kappa shape index (κ3) is 2.20. The number of anilines is 2. The van der Waals surface area contributed by atoms with Crippen molar-refractivity contribution in [2.45, 2.75) is 6.42 Å². The fourth-order valence-corrected chi connectivity index (χ4v) is 2.63. The average Bonchev–Trinajstić information content (AvgIpc) is 2.90. The highest BCUT2D eigenvalue weighted by atomic mass is 16.6. The van der Waals surface area contributed by atoms with E-state index in [0.717, 1.165) is 23.7 Å². The number of nitro groups is 1. The zero-order valence-electron chi connectivity index (χ0n) is 11.0. The number of benzene rings is 2. The van der Waals surface area contributed by atoms with Crippen LogP contribution in [-0.4, -0.2) is 22.5 Å². The number of carboxylic acids is 1. The molecule has 0 aliphatic carbocycles. The molecular formula is C15H12N2O4. The monoisotopic (exact) mass is 284 g/mol. The first-order valence-corrected chi connectivity index (χ1v) is 6.45. The summed E-state index contributed by atoms with van der Waals surface area (Å²) in [6, 6.07) is 11.7. The summed E-state index contributed by atoms with van der Waals surface area (Å²) in [5, 5.41) is 20.1. The maximum Gasteiger partial charge on any atom is 0.338 e. The molecule has 0 aromatic heterocycles. The van der Waals surface area contributed by atoms with Crippen LogP contribution in [0.25, 0.3) is 0 Å². The highest BCUT2D eigenvalue weighted by molar-refractivity contribution is 5.97. The van der Waals surface area contributed by atoms with Crippen molar-refractivity contribution in [1.82, 2.24) is 0 Å². The highest BCUT2D eigenvalue weighted by Gasteiger charge is 2.25. The van der Waals surface area contributed by atoms with Crippen molar-refractivity contribution < 1.29 is 14.8 Å². The second kappa shape index (κ2) is 4.90. The number of carboxylic acid groups (broad SMARTS) is 1. The molecule has 1 aliphatic heterocycles. The van der Waals surface area contributed by atoms with E-state index in [2.05, 4.69) is 0 Å². The molecule has 0 radical (unpaired) electrons. The molecule has 6 heteroatoms. The average molecular weight is 284 g/mol. The zero-order chi connectivity index (χ0) is 15.0. The lowest BCUT2D eigenvalue weighted by molar-refractivity contribution is -0.384. The van der Waals surface area contributed by atoms with Crippen LogP contribution in [0.4, 0.5) is 17.1 Å². The largest absolute Gasteiger partial charge is 0.478 e. The second-order valence-corrected chi connectivity index (χ2v) is 4.79. The van der Waals surface area contributed by atoms with Crippen LogP contribution in [0.2, 0.25) is 0 Å². The predicted molar refractivity (Wildman–Crippen MR) is 77.2 cm³/mol. The molecule has 3 rings (SSSR count). The maximum atomic E-state index is 11.4. The molecular weight excluding hydrogens is 272 g/mol. The Morgan fingerprint density at radius 3 is 2.67 bits per heavy atom. The number of hydrogen-bond donors (Lipinski definition) is 1. The summed E-state index contributed by atoms with van der Waals surface area (Å²) in [5.41, 5.74) is 2.31. The van der Waals surface area contributed by atoms with Crippen molar-refractivity contribution in [3.8, 4) is 0 Å². The van der Waals surface area contributed by atoms with Crippen LogP contribution in [0.3, 0.4) is 0 Å². The lowest BCUT2D eigenvalue weighted by Crippen LogP contribution is -2.17. The van der Waals surface area contributed by atoms with Gasteiger partial charge >= 0.3 is 5.97 Å². The van der Waals surface area contributed by atoms with Gasteiger partial charge in [0.2, 0.25) is 0 Å². The number of para-hydroxylation sites is 1. The molecule has 1 N–H and O–H groups in total. The minimum absolute atomic E-state index is 0.0547. The quantitative estimate of drug-likeness (QED) is 0.692. The van der Waals surface area contributed by atoms with Crippen LogP contribution in [-0.2, 0) is 6.42 Å². The van der Waals surface area contributed by atoms with Gasteiger partial charge < -0.3 is 10.0 Å². The third-order valence-electron chi connectivity index (χ3n) is 3.60. The van der Waals surface area contributed by atoms with Crippen LogP contribution in [0.5, 0.6) is 0 Å². The fraction of sp³-hybridized carbons (Fsp3) is 0.133. The van der Waals surface area contributed by atoms with Crippen molar-refractivity contribution in [3.63, 3.8) is 0 Å². The van der Waals surface area contributed by atoms with Gasteiger partial charge in [-0.1, -0.05) is 18.2 Å². The summed E-state index contributed by atoms with van der Waals surface area (Å²) in [6.07, 6.45) is 0.826. The number of carbonyl (C=O) groups is 1. The number of hydrogen-bond acceptors (Lipinski definition) is 4. The summed E-state index contributed by atoms with van der Waals surface area (Å²) in [5.74, 6) is -1.17. The minimum atomic E-state index is -1.17. The molecule has 106 valence electrons. The van der Waals surface area contributed by atoms with Crippen molar-refractivity contribution in [2.75, 3.05) is 11.4 Å². The van der Waals surface area contributed by atoms with E-state index in [9.17, 15) is 20.0 Å². The van der Waals surface area contributed by atoms with E-state index in [4.69, 9.17) is 0 Å². The number of rotatable bonds is 3. The smallest absolute Gasteiger partial charge is 0.338 e. The molecule has 6 nitrogen and oxygen atoms in total. The Hall–Kier alpha value is -2.89. The summed E-state index contributed by atoms with van der Waals surface area (Å²) in [7, 11) is 0. The van der Waals surface area contributed by atoms with Crippen LogP contribution >= 0.6 is 0 Å². The summed E-state index contributed by atoms with van der Waals surface area (Å²) in [6.45, 7) is 0.664. The number of nitrogens with zero attached hydrogens (tertiary/aromatic N) is 2. The standard InChI is InChI=1S/C15H12N2O4/c18-15(19)12-9-11(17(20)21)5-6-14(12)16-8-7-10-3-1-2-4-13(10)16/h1-6,9H,7-8H2,(H,18,19). The molecule has 0 fully saturated rings. The molecule has 0 saturated carbocycles. The van der Waals surface area contributed by atoms with E-state index in [-0.39, 0.29) is 11.3 Å². The van der Waals surface area contributed by atoms with E-state index >= 15 is 0 Å². The SMILES string of the molecule is O=C(O)c1cc([N+](=O)[O-])ccc1N1CCc2ccccc21. The Balaban J connectivity index is 2.11. The molecule has 1 heterocycles. The molecule has 2 aromatic carbocycles. The van der Waals surface area contributed by atoms with Crippen molar-refractivity contribution in [3.05, 3.63) is 63.7 Å². The molecule has 0 bridgehead atoms. The highest BCUT2D eigenvalue weighted by Crippen LogP contribution is 2.37. The van der Waals surface area contributed by atoms with Crippen LogP contribution < -0.4 is 4.90 Å². The number of non-ortho nitro benzene ring substituents is 1. The van der Waals surface area contributed by atoms with Gasteiger partial charge in [-0.15, -0.1) is 0 Å². The second-order valence-electron chi connectivity index (χ2n) is 4.79. The molecule has 21 heavy (non-hydrogen) atoms. The summed E-state index contributed by atoms with van der Waals surface area (Å²) >= 11 is 0. The van der Waals surface area contributed by atoms with Crippen molar-refractivity contribution in [1.29, 1.82) is 0 Å². The van der Waals surface area contributed by atoms with Gasteiger partial charge in [0.05, 0.1) is 16.2 Å². The summed E-state index contributed by atoms with van der Waals surface area (Å²) in [4.78, 5) is 23.5. The minimum Gasteiger partial charge on any atom is -0.478 e. The molecule has 2 aromatic rings. The molecule has 0 spiro atoms. The Morgan fingerprint density at radius 1 is 1.19 bits per heavy atom. The van der Waals surface area contributed by atoms with E-state index < -0.39 is 10.9 Å². The Labute approximate surface area is 120 Å². The van der Waals surface area contributed by atoms with Gasteiger partial charge in [0.15, 0.2) is 0 Å². The van der Waals surface area contributed by atoms with Crippen molar-refractivity contribution in [2.24, 2.45) is 0 Å². The molecule has 0 atom stereocenters. The lowest BCUT2D eigenvalue weighted by atomic mass is 10.1. The number of fused-ring (bicyclic) bond motifs is 1. The van der Waals surface area contributed by atoms with Gasteiger partial charge in [-0.2, -0.15) is 0 Å². The Morgan fingerprint density at radius 2 is 1.95 bits per heavy atom. The van der Waals surface area contributed by atoms with Gasteiger partial charge in [-0.05, 0) is 24.1 Å². The van der Waals surface area contributed by atoms with Crippen molar-refractivity contribution >= 4 is 23.0 Å². The van der Waals surface area contributed by atoms with E-state index in [0.29, 0.717) is 12.2 Å². The molecule has 0 unspecified atom stereocenters. The predicted octanol–water partition coefficient (Wildman–Crippen LogP) is 2.99. The van der Waals surface area contributed by atoms with Crippen LogP contribution in [0, 0.1) is 10.1 Å². The zero-order valence-corrected chi connectivity index (χ0v) is 11.0. The van der Waals surface area contributed by atoms with Gasteiger partial charge in [0, 0.05) is 24.4 Å². The molecule has 0 saturated heterocycles. The lowest BCUT2D eigenvalue weighted by Gasteiger charge is -2.21. The van der Waals surface area contributed by atoms with E-state index in [1.54, 1.807) is 0 Å². The first-order chi connectivity index (χ1) is 10.1. The van der Waals surface area contributed by atoms with E-state index in [1.807, 2.05) is 29.2 Å². The van der Waals surface area contributed by atoms with Gasteiger partial charge in [-0.3, -0.25) is 10.1 Å². The summed E-state index contributed by atoms with van der Waals surface area (Å²) < 4.78 is 0. The van der Waals surface area contributed by atoms with Gasteiger partial charge in [-0.25, -0.2) is 4.79 Å². The van der Waals surface area contributed by atoms with Gasteiger partial charge in [0.25, 0.3) is 5.69 Å².